The molecule has 48 heavy (non-hydrogen) atoms. The Balaban J connectivity index is 2.20. The molecule has 14 nitrogen and oxygen atoms in total. The van der Waals surface area contributed by atoms with Gasteiger partial charge in [0, 0.05) is 25.8 Å². The maximum atomic E-state index is 12.0. The number of carbonyl (C=O) groups excluding carboxylic acids is 1. The lowest BCUT2D eigenvalue weighted by atomic mass is 10.0. The first kappa shape index (κ1) is 43.8. The number of nitrogens with zero attached hydrogens (tertiary/aromatic N) is 1. The van der Waals surface area contributed by atoms with E-state index in [1.54, 1.807) is 18.2 Å². The maximum Gasteiger partial charge on any atom is 0.243 e. The Kier molecular flexibility index (Phi) is 23.4. The van der Waals surface area contributed by atoms with E-state index < -0.39 is 54.9 Å². The number of aliphatic imine (C=N–C) groups is 1. The second-order valence-electron chi connectivity index (χ2n) is 12.8. The number of hydrogen-bond donors (Lipinski definition) is 12. The topological polar surface area (TPSA) is 262 Å². The molecular weight excluding hydrogens is 624 g/mol. The van der Waals surface area contributed by atoms with Gasteiger partial charge in [0.05, 0.1) is 61.0 Å². The van der Waals surface area contributed by atoms with E-state index in [0.29, 0.717) is 25.8 Å². The summed E-state index contributed by atoms with van der Waals surface area (Å²) < 4.78 is 0. The highest BCUT2D eigenvalue weighted by Gasteiger charge is 2.22. The maximum absolute atomic E-state index is 12.0. The minimum atomic E-state index is -0.994. The molecule has 0 aromatic heterocycles. The van der Waals surface area contributed by atoms with Gasteiger partial charge < -0.3 is 57.0 Å². The van der Waals surface area contributed by atoms with E-state index in [0.717, 1.165) is 19.4 Å². The molecule has 1 heterocycles. The van der Waals surface area contributed by atoms with Gasteiger partial charge in [-0.3, -0.25) is 15.1 Å². The Bertz CT molecular complexity index is 976. The summed E-state index contributed by atoms with van der Waals surface area (Å²) in [7, 11) is 0. The highest BCUT2D eigenvalue weighted by Crippen LogP contribution is 2.13. The van der Waals surface area contributed by atoms with Crippen molar-refractivity contribution in [3.05, 3.63) is 36.5 Å². The SMILES string of the molecule is CCC(O)CC(O)/C=C/CC(O)CC(O)CC(O)/C=C/CC(O)CC(O)/C=C/CC(O)CC(O)CCCN=C(N)NC(=O)C1CCCN1. The summed E-state index contributed by atoms with van der Waals surface area (Å²) in [5, 5.41) is 96.2. The fraction of sp³-hybridized carbons (Fsp3) is 0.765. The molecule has 278 valence electrons. The second kappa shape index (κ2) is 25.7. The molecule has 0 spiro atoms. The van der Waals surface area contributed by atoms with Crippen LogP contribution in [0.4, 0.5) is 0 Å². The molecule has 1 fully saturated rings. The van der Waals surface area contributed by atoms with Crippen molar-refractivity contribution in [3.8, 4) is 0 Å². The summed E-state index contributed by atoms with van der Waals surface area (Å²) in [5.74, 6) is -0.164. The molecule has 0 bridgehead atoms. The van der Waals surface area contributed by atoms with Gasteiger partial charge >= 0.3 is 0 Å². The zero-order valence-electron chi connectivity index (χ0n) is 28.3. The van der Waals surface area contributed by atoms with Gasteiger partial charge in [-0.25, -0.2) is 0 Å². The first-order valence-electron chi connectivity index (χ1n) is 17.3. The Morgan fingerprint density at radius 1 is 0.750 bits per heavy atom. The Hall–Kier alpha value is -2.24. The van der Waals surface area contributed by atoms with Crippen molar-refractivity contribution in [1.29, 1.82) is 0 Å². The molecule has 1 aliphatic heterocycles. The zero-order chi connectivity index (χ0) is 35.9. The Morgan fingerprint density at radius 2 is 1.23 bits per heavy atom. The van der Waals surface area contributed by atoms with Crippen LogP contribution in [0.5, 0.6) is 0 Å². The fourth-order valence-corrected chi connectivity index (χ4v) is 5.24. The molecule has 1 saturated heterocycles. The summed E-state index contributed by atoms with van der Waals surface area (Å²) in [5.41, 5.74) is 5.75. The highest BCUT2D eigenvalue weighted by atomic mass is 16.3. The van der Waals surface area contributed by atoms with Crippen LogP contribution in [0.2, 0.25) is 0 Å². The van der Waals surface area contributed by atoms with Gasteiger partial charge in [0.2, 0.25) is 5.91 Å². The smallest absolute Gasteiger partial charge is 0.243 e. The molecule has 0 saturated carbocycles. The fourth-order valence-electron chi connectivity index (χ4n) is 5.24. The van der Waals surface area contributed by atoms with Crippen LogP contribution < -0.4 is 16.4 Å². The standard InChI is InChI=1S/C34H62N4O10/c1-2-23(39)18-24(40)8-3-12-28(44)21-31(47)22-29(45)13-5-11-26(42)19-25(41)9-4-10-27(43)20-30(46)14-6-17-37-34(35)38-33(48)32-15-7-16-36-32/h3-5,8-9,13,23-32,36,39-47H,2,6-7,10-12,14-22H2,1H3,(H3,35,37,38,48)/b8-3+,9-4+,13-5+. The molecule has 0 aromatic carbocycles. The molecule has 1 aliphatic rings. The van der Waals surface area contributed by atoms with Crippen LogP contribution in [0.25, 0.3) is 0 Å². The minimum absolute atomic E-state index is 0.0122. The van der Waals surface area contributed by atoms with Crippen molar-refractivity contribution >= 4 is 11.9 Å². The first-order chi connectivity index (χ1) is 22.8. The van der Waals surface area contributed by atoms with Crippen molar-refractivity contribution in [3.63, 3.8) is 0 Å². The lowest BCUT2D eigenvalue weighted by Gasteiger charge is -2.17. The van der Waals surface area contributed by atoms with Crippen LogP contribution in [0.15, 0.2) is 41.4 Å². The van der Waals surface area contributed by atoms with Gasteiger partial charge in [0.15, 0.2) is 5.96 Å². The molecule has 10 atom stereocenters. The van der Waals surface area contributed by atoms with E-state index in [-0.39, 0.29) is 69.3 Å². The summed E-state index contributed by atoms with van der Waals surface area (Å²) in [6.45, 7) is 2.94. The number of nitrogens with one attached hydrogen (secondary N) is 2. The van der Waals surface area contributed by atoms with Crippen molar-refractivity contribution in [1.82, 2.24) is 10.6 Å². The molecule has 14 heteroatoms. The van der Waals surface area contributed by atoms with E-state index in [4.69, 9.17) is 5.73 Å². The minimum Gasteiger partial charge on any atom is -0.393 e. The predicted octanol–water partition coefficient (Wildman–Crippen LogP) is -0.603. The molecule has 0 aromatic rings. The molecule has 0 aliphatic carbocycles. The predicted molar refractivity (Wildman–Crippen MR) is 184 cm³/mol. The third-order valence-electron chi connectivity index (χ3n) is 8.01. The van der Waals surface area contributed by atoms with Crippen LogP contribution in [-0.2, 0) is 4.79 Å². The zero-order valence-corrected chi connectivity index (χ0v) is 28.3. The molecule has 13 N–H and O–H groups in total. The van der Waals surface area contributed by atoms with Gasteiger partial charge in [0.25, 0.3) is 0 Å². The number of nitrogens with two attached hydrogens (primary N) is 1. The number of rotatable bonds is 25. The highest BCUT2D eigenvalue weighted by molar-refractivity contribution is 5.98. The monoisotopic (exact) mass is 686 g/mol. The van der Waals surface area contributed by atoms with Crippen molar-refractivity contribution < 1.29 is 50.8 Å². The average molecular weight is 687 g/mol. The van der Waals surface area contributed by atoms with Crippen LogP contribution in [0, 0.1) is 0 Å². The van der Waals surface area contributed by atoms with Crippen LogP contribution in [0.1, 0.15) is 90.4 Å². The second-order valence-corrected chi connectivity index (χ2v) is 12.8. The van der Waals surface area contributed by atoms with Crippen LogP contribution in [-0.4, -0.2) is 132 Å². The van der Waals surface area contributed by atoms with Crippen molar-refractivity contribution in [2.45, 2.75) is 151 Å². The number of aliphatic hydroxyl groups is 9. The van der Waals surface area contributed by atoms with E-state index in [2.05, 4.69) is 15.6 Å². The summed E-state index contributed by atoms with van der Waals surface area (Å²) in [4.78, 5) is 16.1. The third-order valence-corrected chi connectivity index (χ3v) is 8.01. The van der Waals surface area contributed by atoms with Gasteiger partial charge in [-0.15, -0.1) is 0 Å². The largest absolute Gasteiger partial charge is 0.393 e. The number of amides is 1. The van der Waals surface area contributed by atoms with Crippen molar-refractivity contribution in [2.75, 3.05) is 13.1 Å². The van der Waals surface area contributed by atoms with Crippen LogP contribution in [0.3, 0.4) is 0 Å². The van der Waals surface area contributed by atoms with Crippen LogP contribution >= 0.6 is 0 Å². The molecule has 0 radical (unpaired) electrons. The number of guanidine groups is 1. The number of aliphatic hydroxyl groups excluding tert-OH is 9. The van der Waals surface area contributed by atoms with E-state index in [1.165, 1.54) is 18.2 Å². The van der Waals surface area contributed by atoms with Gasteiger partial charge in [-0.2, -0.15) is 0 Å². The molecule has 1 rings (SSSR count). The van der Waals surface area contributed by atoms with Gasteiger partial charge in [-0.05, 0) is 70.8 Å². The summed E-state index contributed by atoms with van der Waals surface area (Å²) >= 11 is 0. The normalized spacial score (nSPS) is 21.7. The van der Waals surface area contributed by atoms with Crippen molar-refractivity contribution in [2.24, 2.45) is 10.7 Å². The van der Waals surface area contributed by atoms with Gasteiger partial charge in [0.1, 0.15) is 0 Å². The summed E-state index contributed by atoms with van der Waals surface area (Å²) in [6, 6.07) is -0.249. The average Bonchev–Trinajstić information content (AvgIpc) is 3.54. The lowest BCUT2D eigenvalue weighted by molar-refractivity contribution is -0.121. The van der Waals surface area contributed by atoms with Gasteiger partial charge in [-0.1, -0.05) is 43.4 Å². The summed E-state index contributed by atoms with van der Waals surface area (Å²) in [6.07, 6.45) is 5.61. The lowest BCUT2D eigenvalue weighted by Crippen LogP contribution is -2.46. The first-order valence-corrected chi connectivity index (χ1v) is 17.3. The molecule has 10 unspecified atom stereocenters. The molecular formula is C34H62N4O10. The Labute approximate surface area is 284 Å². The Morgan fingerprint density at radius 3 is 1.73 bits per heavy atom. The van der Waals surface area contributed by atoms with E-state index >= 15 is 0 Å². The third kappa shape index (κ3) is 22.4. The number of carbonyl (C=O) groups is 1. The van der Waals surface area contributed by atoms with E-state index in [9.17, 15) is 50.8 Å². The molecule has 1 amide bonds. The number of hydrogen-bond acceptors (Lipinski definition) is 12. The van der Waals surface area contributed by atoms with E-state index in [1.807, 2.05) is 6.92 Å². The quantitative estimate of drug-likeness (QED) is 0.0249.